The van der Waals surface area contributed by atoms with Gasteiger partial charge in [-0.25, -0.2) is 0 Å². The molecule has 0 saturated carbocycles. The second kappa shape index (κ2) is 6.63. The fourth-order valence-electron chi connectivity index (χ4n) is 2.54. The average molecular weight is 330 g/mol. The average Bonchev–Trinajstić information content (AvgIpc) is 2.47. The summed E-state index contributed by atoms with van der Waals surface area (Å²) in [7, 11) is -2.78. The van der Waals surface area contributed by atoms with E-state index in [4.69, 9.17) is 0 Å². The van der Waals surface area contributed by atoms with E-state index in [1.807, 2.05) is 69.3 Å². The molecule has 2 aromatic carbocycles. The molecule has 2 nitrogen and oxygen atoms in total. The second-order valence-electron chi connectivity index (χ2n) is 7.15. The van der Waals surface area contributed by atoms with Crippen molar-refractivity contribution in [3.63, 3.8) is 0 Å². The Bertz CT molecular complexity index is 644. The Balaban J connectivity index is 2.52. The Morgan fingerprint density at radius 3 is 1.57 bits per heavy atom. The minimum absolute atomic E-state index is 0.0732. The van der Waals surface area contributed by atoms with Crippen molar-refractivity contribution >= 4 is 17.8 Å². The van der Waals surface area contributed by atoms with Gasteiger partial charge in [0.05, 0.1) is 5.60 Å². The van der Waals surface area contributed by atoms with Gasteiger partial charge >= 0.3 is 0 Å². The van der Waals surface area contributed by atoms with Gasteiger partial charge in [-0.2, -0.15) is 0 Å². The summed E-state index contributed by atoms with van der Waals surface area (Å²) < 4.78 is 14.0. The van der Waals surface area contributed by atoms with Crippen molar-refractivity contribution in [3.05, 3.63) is 59.7 Å². The Morgan fingerprint density at radius 2 is 1.26 bits per heavy atom. The number of hydrogen-bond donors (Lipinski definition) is 1. The minimum atomic E-state index is -2.78. The first-order chi connectivity index (χ1) is 10.6. The van der Waals surface area contributed by atoms with E-state index in [0.29, 0.717) is 6.16 Å². The first kappa shape index (κ1) is 18.0. The molecule has 0 aliphatic carbocycles. The molecule has 0 amide bonds. The normalized spacial score (nSPS) is 13.8. The van der Waals surface area contributed by atoms with Crippen LogP contribution in [-0.4, -0.2) is 16.9 Å². The van der Waals surface area contributed by atoms with E-state index in [9.17, 15) is 9.67 Å². The van der Waals surface area contributed by atoms with Crippen LogP contribution in [0.4, 0.5) is 0 Å². The third kappa shape index (κ3) is 4.13. The fraction of sp³-hybridized carbons (Fsp3) is 0.400. The molecule has 0 fully saturated rings. The lowest BCUT2D eigenvalue weighted by Gasteiger charge is -2.30. The molecule has 2 rings (SSSR count). The minimum Gasteiger partial charge on any atom is -0.390 e. The van der Waals surface area contributed by atoms with Crippen LogP contribution in [0.15, 0.2) is 48.5 Å². The van der Waals surface area contributed by atoms with E-state index in [-0.39, 0.29) is 5.92 Å². The summed E-state index contributed by atoms with van der Waals surface area (Å²) in [5.74, 6) is -0.0732. The van der Waals surface area contributed by atoms with Crippen LogP contribution in [0.2, 0.25) is 0 Å². The third-order valence-electron chi connectivity index (χ3n) is 4.64. The van der Waals surface area contributed by atoms with E-state index in [2.05, 4.69) is 0 Å². The topological polar surface area (TPSA) is 37.3 Å². The van der Waals surface area contributed by atoms with Crippen LogP contribution in [0.1, 0.15) is 31.9 Å². The zero-order chi connectivity index (χ0) is 17.3. The number of benzene rings is 2. The highest BCUT2D eigenvalue weighted by atomic mass is 31.2. The van der Waals surface area contributed by atoms with Gasteiger partial charge in [-0.3, -0.25) is 0 Å². The van der Waals surface area contributed by atoms with Crippen molar-refractivity contribution in [1.29, 1.82) is 0 Å². The second-order valence-corrected chi connectivity index (χ2v) is 10.0. The summed E-state index contributed by atoms with van der Waals surface area (Å²) in [6, 6.07) is 15.9. The Kier molecular flexibility index (Phi) is 5.18. The van der Waals surface area contributed by atoms with Crippen molar-refractivity contribution in [2.75, 3.05) is 6.16 Å². The van der Waals surface area contributed by atoms with Gasteiger partial charge in [-0.1, -0.05) is 66.6 Å². The highest BCUT2D eigenvalue weighted by Gasteiger charge is 2.34. The standard InChI is InChI=1S/C20H27O2P/c1-15-6-10-18(11-7-15)23(22,14-17(3)20(4,5)21)19-12-8-16(2)9-13-19/h6-13,17,21H,14H2,1-5H3. The maximum atomic E-state index is 14.0. The van der Waals surface area contributed by atoms with Gasteiger partial charge in [0.2, 0.25) is 0 Å². The number of aryl methyl sites for hydroxylation is 2. The van der Waals surface area contributed by atoms with E-state index in [1.165, 1.54) is 0 Å². The van der Waals surface area contributed by atoms with E-state index in [1.54, 1.807) is 13.8 Å². The largest absolute Gasteiger partial charge is 0.390 e. The van der Waals surface area contributed by atoms with Crippen LogP contribution < -0.4 is 10.6 Å². The third-order valence-corrected chi connectivity index (χ3v) is 7.97. The Morgan fingerprint density at radius 1 is 0.913 bits per heavy atom. The van der Waals surface area contributed by atoms with Crippen LogP contribution >= 0.6 is 7.14 Å². The molecular weight excluding hydrogens is 303 g/mol. The highest BCUT2D eigenvalue weighted by molar-refractivity contribution is 7.78. The highest BCUT2D eigenvalue weighted by Crippen LogP contribution is 2.46. The molecule has 3 heteroatoms. The molecule has 2 aromatic rings. The Hall–Kier alpha value is -1.37. The van der Waals surface area contributed by atoms with Crippen molar-refractivity contribution in [1.82, 2.24) is 0 Å². The smallest absolute Gasteiger partial charge is 0.143 e. The van der Waals surface area contributed by atoms with Gasteiger partial charge in [0.25, 0.3) is 0 Å². The van der Waals surface area contributed by atoms with Gasteiger partial charge in [-0.15, -0.1) is 0 Å². The predicted octanol–water partition coefficient (Wildman–Crippen LogP) is 4.02. The van der Waals surface area contributed by atoms with Crippen LogP contribution in [0.3, 0.4) is 0 Å². The SMILES string of the molecule is Cc1ccc(P(=O)(CC(C)C(C)(C)O)c2ccc(C)cc2)cc1. The molecule has 1 atom stereocenters. The van der Waals surface area contributed by atoms with Crippen LogP contribution in [-0.2, 0) is 4.57 Å². The van der Waals surface area contributed by atoms with Gasteiger partial charge in [-0.05, 0) is 33.6 Å². The van der Waals surface area contributed by atoms with Crippen molar-refractivity contribution < 1.29 is 9.67 Å². The monoisotopic (exact) mass is 330 g/mol. The molecule has 1 N–H and O–H groups in total. The molecule has 0 heterocycles. The van der Waals surface area contributed by atoms with Crippen LogP contribution in [0.5, 0.6) is 0 Å². The zero-order valence-electron chi connectivity index (χ0n) is 14.7. The van der Waals surface area contributed by atoms with Crippen molar-refractivity contribution in [2.45, 2.75) is 40.2 Å². The molecule has 0 saturated heterocycles. The van der Waals surface area contributed by atoms with E-state index < -0.39 is 12.7 Å². The molecule has 124 valence electrons. The molecule has 1 unspecified atom stereocenters. The molecule has 23 heavy (non-hydrogen) atoms. The number of hydrogen-bond acceptors (Lipinski definition) is 2. The molecule has 0 aliphatic heterocycles. The fourth-order valence-corrected chi connectivity index (χ4v) is 5.74. The Labute approximate surface area is 139 Å². The van der Waals surface area contributed by atoms with Crippen LogP contribution in [0.25, 0.3) is 0 Å². The van der Waals surface area contributed by atoms with E-state index >= 15 is 0 Å². The van der Waals surface area contributed by atoms with Crippen molar-refractivity contribution in [2.24, 2.45) is 5.92 Å². The first-order valence-corrected chi connectivity index (χ1v) is 9.98. The number of aliphatic hydroxyl groups is 1. The van der Waals surface area contributed by atoms with Gasteiger partial charge in [0.1, 0.15) is 7.14 Å². The lowest BCUT2D eigenvalue weighted by Crippen LogP contribution is -2.34. The lowest BCUT2D eigenvalue weighted by molar-refractivity contribution is 0.0340. The van der Waals surface area contributed by atoms with Crippen LogP contribution in [0, 0.1) is 19.8 Å². The summed E-state index contributed by atoms with van der Waals surface area (Å²) >= 11 is 0. The van der Waals surface area contributed by atoms with Crippen molar-refractivity contribution in [3.8, 4) is 0 Å². The lowest BCUT2D eigenvalue weighted by atomic mass is 9.95. The summed E-state index contributed by atoms with van der Waals surface area (Å²) in [5, 5.41) is 12.0. The summed E-state index contributed by atoms with van der Waals surface area (Å²) in [4.78, 5) is 0. The zero-order valence-corrected chi connectivity index (χ0v) is 15.6. The molecular formula is C20H27O2P. The maximum absolute atomic E-state index is 14.0. The van der Waals surface area contributed by atoms with Gasteiger partial charge in [0, 0.05) is 16.8 Å². The quantitative estimate of drug-likeness (QED) is 0.841. The molecule has 0 spiro atoms. The predicted molar refractivity (Wildman–Crippen MR) is 99.6 cm³/mol. The summed E-state index contributed by atoms with van der Waals surface area (Å²) in [6.07, 6.45) is 0.461. The van der Waals surface area contributed by atoms with Gasteiger partial charge in [0.15, 0.2) is 0 Å². The molecule has 0 bridgehead atoms. The number of rotatable bonds is 5. The molecule has 0 aliphatic rings. The maximum Gasteiger partial charge on any atom is 0.143 e. The molecule has 0 aromatic heterocycles. The molecule has 0 radical (unpaired) electrons. The van der Waals surface area contributed by atoms with E-state index in [0.717, 1.165) is 21.7 Å². The summed E-state index contributed by atoms with van der Waals surface area (Å²) in [6.45, 7) is 9.59. The van der Waals surface area contributed by atoms with Gasteiger partial charge < -0.3 is 9.67 Å². The first-order valence-electron chi connectivity index (χ1n) is 8.09. The summed E-state index contributed by atoms with van der Waals surface area (Å²) in [5.41, 5.74) is 1.45.